The molecular weight excluding hydrogens is 236 g/mol. The molecule has 0 radical (unpaired) electrons. The van der Waals surface area contributed by atoms with E-state index in [-0.39, 0.29) is 5.97 Å². The number of rotatable bonds is 7. The van der Waals surface area contributed by atoms with Crippen molar-refractivity contribution in [3.8, 4) is 5.75 Å². The summed E-state index contributed by atoms with van der Waals surface area (Å²) in [4.78, 5) is 11.5. The van der Waals surface area contributed by atoms with Gasteiger partial charge in [0.1, 0.15) is 5.75 Å². The molecule has 0 aliphatic carbocycles. The summed E-state index contributed by atoms with van der Waals surface area (Å²) in [5, 5.41) is 0. The largest absolute Gasteiger partial charge is 0.427 e. The van der Waals surface area contributed by atoms with Gasteiger partial charge in [-0.15, -0.1) is 11.6 Å². The van der Waals surface area contributed by atoms with E-state index < -0.39 is 0 Å². The minimum atomic E-state index is -0.163. The summed E-state index contributed by atoms with van der Waals surface area (Å²) in [5.41, 5.74) is 1.24. The van der Waals surface area contributed by atoms with Crippen LogP contribution in [-0.2, 0) is 11.2 Å². The van der Waals surface area contributed by atoms with Gasteiger partial charge in [-0.05, 0) is 37.0 Å². The minimum absolute atomic E-state index is 0.163. The fourth-order valence-electron chi connectivity index (χ4n) is 1.52. The van der Waals surface area contributed by atoms with Gasteiger partial charge in [-0.3, -0.25) is 4.79 Å². The zero-order chi connectivity index (χ0) is 12.5. The SMILES string of the molecule is CCc1ccc(OC(=O)CCCCCCl)cc1. The first-order valence-electron chi connectivity index (χ1n) is 6.12. The highest BCUT2D eigenvalue weighted by atomic mass is 35.5. The van der Waals surface area contributed by atoms with Crippen molar-refractivity contribution in [3.63, 3.8) is 0 Å². The van der Waals surface area contributed by atoms with E-state index in [4.69, 9.17) is 16.3 Å². The molecule has 2 nitrogen and oxygen atoms in total. The fraction of sp³-hybridized carbons (Fsp3) is 0.500. The molecule has 0 atom stereocenters. The van der Waals surface area contributed by atoms with Crippen molar-refractivity contribution in [2.45, 2.75) is 39.0 Å². The molecule has 0 amide bonds. The average Bonchev–Trinajstić information content (AvgIpc) is 2.36. The average molecular weight is 255 g/mol. The molecule has 0 saturated heterocycles. The summed E-state index contributed by atoms with van der Waals surface area (Å²) in [5.74, 6) is 1.13. The van der Waals surface area contributed by atoms with Crippen LogP contribution in [0.3, 0.4) is 0 Å². The lowest BCUT2D eigenvalue weighted by Crippen LogP contribution is -2.07. The topological polar surface area (TPSA) is 26.3 Å². The van der Waals surface area contributed by atoms with Crippen molar-refractivity contribution in [1.82, 2.24) is 0 Å². The van der Waals surface area contributed by atoms with Crippen LogP contribution in [0.5, 0.6) is 5.75 Å². The van der Waals surface area contributed by atoms with Crippen molar-refractivity contribution in [2.75, 3.05) is 5.88 Å². The number of hydrogen-bond donors (Lipinski definition) is 0. The molecule has 1 aromatic carbocycles. The first-order chi connectivity index (χ1) is 8.26. The number of carbonyl (C=O) groups is 1. The summed E-state index contributed by atoms with van der Waals surface area (Å²) in [6.45, 7) is 2.10. The van der Waals surface area contributed by atoms with Crippen LogP contribution < -0.4 is 4.74 Å². The second-order valence-electron chi connectivity index (χ2n) is 3.97. The zero-order valence-electron chi connectivity index (χ0n) is 10.2. The summed E-state index contributed by atoms with van der Waals surface area (Å²) in [7, 11) is 0. The molecule has 17 heavy (non-hydrogen) atoms. The number of hydrogen-bond acceptors (Lipinski definition) is 2. The standard InChI is InChI=1S/C14H19ClO2/c1-2-12-7-9-13(10-8-12)17-14(16)6-4-3-5-11-15/h7-10H,2-6,11H2,1H3. The predicted octanol–water partition coefficient (Wildman–Crippen LogP) is 3.95. The van der Waals surface area contributed by atoms with E-state index in [1.54, 1.807) is 0 Å². The Morgan fingerprint density at radius 2 is 1.88 bits per heavy atom. The third-order valence-electron chi connectivity index (χ3n) is 2.58. The number of unbranched alkanes of at least 4 members (excludes halogenated alkanes) is 2. The predicted molar refractivity (Wildman–Crippen MR) is 70.6 cm³/mol. The minimum Gasteiger partial charge on any atom is -0.427 e. The molecule has 0 N–H and O–H groups in total. The van der Waals surface area contributed by atoms with E-state index in [1.807, 2.05) is 24.3 Å². The molecule has 0 bridgehead atoms. The van der Waals surface area contributed by atoms with Crippen molar-refractivity contribution in [1.29, 1.82) is 0 Å². The van der Waals surface area contributed by atoms with Gasteiger partial charge in [0.05, 0.1) is 0 Å². The summed E-state index contributed by atoms with van der Waals surface area (Å²) in [6.07, 6.45) is 4.24. The lowest BCUT2D eigenvalue weighted by molar-refractivity contribution is -0.134. The van der Waals surface area contributed by atoms with Crippen LogP contribution in [0.25, 0.3) is 0 Å². The van der Waals surface area contributed by atoms with E-state index in [2.05, 4.69) is 6.92 Å². The maximum atomic E-state index is 11.5. The molecule has 0 spiro atoms. The quantitative estimate of drug-likeness (QED) is 0.319. The molecule has 0 unspecified atom stereocenters. The highest BCUT2D eigenvalue weighted by Gasteiger charge is 2.04. The Morgan fingerprint density at radius 3 is 2.47 bits per heavy atom. The first kappa shape index (κ1) is 14.0. The van der Waals surface area contributed by atoms with Crippen LogP contribution in [-0.4, -0.2) is 11.8 Å². The Labute approximate surface area is 108 Å². The van der Waals surface area contributed by atoms with Crippen LogP contribution >= 0.6 is 11.6 Å². The number of aryl methyl sites for hydroxylation is 1. The summed E-state index contributed by atoms with van der Waals surface area (Å²) < 4.78 is 5.22. The second kappa shape index (κ2) is 8.13. The van der Waals surface area contributed by atoms with Crippen molar-refractivity contribution in [2.24, 2.45) is 0 Å². The molecule has 0 heterocycles. The molecule has 0 saturated carbocycles. The van der Waals surface area contributed by atoms with Gasteiger partial charge in [0, 0.05) is 12.3 Å². The Morgan fingerprint density at radius 1 is 1.18 bits per heavy atom. The van der Waals surface area contributed by atoms with Gasteiger partial charge in [-0.1, -0.05) is 25.5 Å². The normalized spacial score (nSPS) is 10.2. The van der Waals surface area contributed by atoms with Crippen LogP contribution in [0.15, 0.2) is 24.3 Å². The number of ether oxygens (including phenoxy) is 1. The molecule has 1 rings (SSSR count). The van der Waals surface area contributed by atoms with E-state index >= 15 is 0 Å². The Kier molecular flexibility index (Phi) is 6.71. The highest BCUT2D eigenvalue weighted by molar-refractivity contribution is 6.17. The molecule has 1 aromatic rings. The molecule has 0 aromatic heterocycles. The third kappa shape index (κ3) is 5.73. The van der Waals surface area contributed by atoms with Gasteiger partial charge in [0.15, 0.2) is 0 Å². The summed E-state index contributed by atoms with van der Waals surface area (Å²) >= 11 is 5.56. The van der Waals surface area contributed by atoms with Gasteiger partial charge in [-0.2, -0.15) is 0 Å². The number of alkyl halides is 1. The maximum Gasteiger partial charge on any atom is 0.311 e. The lowest BCUT2D eigenvalue weighted by atomic mass is 10.2. The second-order valence-corrected chi connectivity index (χ2v) is 4.35. The van der Waals surface area contributed by atoms with Gasteiger partial charge < -0.3 is 4.74 Å². The number of esters is 1. The van der Waals surface area contributed by atoms with Crippen molar-refractivity contribution in [3.05, 3.63) is 29.8 Å². The first-order valence-corrected chi connectivity index (χ1v) is 6.65. The van der Waals surface area contributed by atoms with Crippen molar-refractivity contribution < 1.29 is 9.53 Å². The molecule has 0 aliphatic heterocycles. The Bertz CT molecular complexity index is 333. The van der Waals surface area contributed by atoms with Crippen LogP contribution in [0, 0.1) is 0 Å². The molecular formula is C14H19ClO2. The molecule has 0 fully saturated rings. The van der Waals surface area contributed by atoms with Gasteiger partial charge >= 0.3 is 5.97 Å². The van der Waals surface area contributed by atoms with Gasteiger partial charge in [-0.25, -0.2) is 0 Å². The van der Waals surface area contributed by atoms with Crippen LogP contribution in [0.1, 0.15) is 38.2 Å². The number of benzene rings is 1. The van der Waals surface area contributed by atoms with E-state index in [0.717, 1.165) is 25.7 Å². The van der Waals surface area contributed by atoms with Gasteiger partial charge in [0.25, 0.3) is 0 Å². The van der Waals surface area contributed by atoms with E-state index in [0.29, 0.717) is 18.1 Å². The number of halogens is 1. The maximum absolute atomic E-state index is 11.5. The van der Waals surface area contributed by atoms with E-state index in [1.165, 1.54) is 5.56 Å². The van der Waals surface area contributed by atoms with Gasteiger partial charge in [0.2, 0.25) is 0 Å². The monoisotopic (exact) mass is 254 g/mol. The van der Waals surface area contributed by atoms with Crippen LogP contribution in [0.2, 0.25) is 0 Å². The van der Waals surface area contributed by atoms with E-state index in [9.17, 15) is 4.79 Å². The molecule has 94 valence electrons. The number of carbonyl (C=O) groups excluding carboxylic acids is 1. The lowest BCUT2D eigenvalue weighted by Gasteiger charge is -2.04. The molecule has 0 aliphatic rings. The fourth-order valence-corrected chi connectivity index (χ4v) is 1.71. The summed E-state index contributed by atoms with van der Waals surface area (Å²) in [6, 6.07) is 7.65. The van der Waals surface area contributed by atoms with Crippen LogP contribution in [0.4, 0.5) is 0 Å². The smallest absolute Gasteiger partial charge is 0.311 e. The zero-order valence-corrected chi connectivity index (χ0v) is 11.0. The van der Waals surface area contributed by atoms with Crippen molar-refractivity contribution >= 4 is 17.6 Å². The third-order valence-corrected chi connectivity index (χ3v) is 2.85. The Hall–Kier alpha value is -1.02. The molecule has 3 heteroatoms. The highest BCUT2D eigenvalue weighted by Crippen LogP contribution is 2.14. The Balaban J connectivity index is 2.29.